The molecular weight excluding hydrogens is 448 g/mol. The Morgan fingerprint density at radius 2 is 1.76 bits per heavy atom. The van der Waals surface area contributed by atoms with Gasteiger partial charge in [0.25, 0.3) is 0 Å². The van der Waals surface area contributed by atoms with Crippen LogP contribution in [-0.4, -0.2) is 59.7 Å². The third-order valence-electron chi connectivity index (χ3n) is 6.47. The lowest BCUT2D eigenvalue weighted by molar-refractivity contribution is -0.137. The van der Waals surface area contributed by atoms with E-state index in [2.05, 4.69) is 16.3 Å². The van der Waals surface area contributed by atoms with Crippen LogP contribution in [0, 0.1) is 5.82 Å². The molecule has 3 aromatic rings. The minimum absolute atomic E-state index is 0.0321. The van der Waals surface area contributed by atoms with Crippen molar-refractivity contribution in [2.24, 2.45) is 0 Å². The molecule has 1 aromatic heterocycles. The van der Waals surface area contributed by atoms with Gasteiger partial charge in [0, 0.05) is 56.0 Å². The Morgan fingerprint density at radius 1 is 0.971 bits per heavy atom. The van der Waals surface area contributed by atoms with E-state index in [1.165, 1.54) is 18.2 Å². The molecule has 3 heterocycles. The van der Waals surface area contributed by atoms with Crippen LogP contribution in [0.5, 0.6) is 0 Å². The molecule has 5 rings (SSSR count). The van der Waals surface area contributed by atoms with Crippen molar-refractivity contribution in [3.05, 3.63) is 71.7 Å². The molecule has 2 aliphatic rings. The molecule has 5 nitrogen and oxygen atoms in total. The summed E-state index contributed by atoms with van der Waals surface area (Å²) < 4.78 is 55.4. The highest BCUT2D eigenvalue weighted by Gasteiger charge is 2.31. The third-order valence-corrected chi connectivity index (χ3v) is 6.47. The maximum absolute atomic E-state index is 13.6. The standard InChI is InChI=1S/C25H24F4N4O/c26-20-2-4-21(5-3-20)33-22-6-1-19(25(27,28)29)15-18(22)16-23(33)17-7-10-31(11-8-17)13-14-32-12-9-30-24(32)34/h1-7,15-16H,8-14H2,(H,30,34). The largest absolute Gasteiger partial charge is 0.416 e. The van der Waals surface area contributed by atoms with Gasteiger partial charge in [-0.1, -0.05) is 6.08 Å². The monoisotopic (exact) mass is 472 g/mol. The van der Waals surface area contributed by atoms with Crippen molar-refractivity contribution >= 4 is 22.5 Å². The first-order valence-electron chi connectivity index (χ1n) is 11.2. The number of nitrogens with one attached hydrogen (secondary N) is 1. The summed E-state index contributed by atoms with van der Waals surface area (Å²) in [5.74, 6) is -0.375. The number of hydrogen-bond acceptors (Lipinski definition) is 2. The van der Waals surface area contributed by atoms with Crippen LogP contribution in [-0.2, 0) is 6.18 Å². The van der Waals surface area contributed by atoms with Crippen LogP contribution in [0.1, 0.15) is 17.7 Å². The zero-order chi connectivity index (χ0) is 23.9. The summed E-state index contributed by atoms with van der Waals surface area (Å²) in [7, 11) is 0. The average molecular weight is 472 g/mol. The predicted molar refractivity (Wildman–Crippen MR) is 122 cm³/mol. The van der Waals surface area contributed by atoms with E-state index in [4.69, 9.17) is 0 Å². The van der Waals surface area contributed by atoms with Gasteiger partial charge in [-0.2, -0.15) is 13.2 Å². The van der Waals surface area contributed by atoms with Crippen LogP contribution >= 0.6 is 0 Å². The number of alkyl halides is 3. The molecule has 1 N–H and O–H groups in total. The highest BCUT2D eigenvalue weighted by molar-refractivity contribution is 5.88. The Bertz CT molecular complexity index is 1250. The Labute approximate surface area is 194 Å². The molecule has 0 spiro atoms. The van der Waals surface area contributed by atoms with Gasteiger partial charge in [-0.15, -0.1) is 0 Å². The van der Waals surface area contributed by atoms with E-state index in [-0.39, 0.29) is 11.8 Å². The van der Waals surface area contributed by atoms with Gasteiger partial charge in [-0.05, 0) is 60.5 Å². The van der Waals surface area contributed by atoms with Gasteiger partial charge in [0.05, 0.1) is 11.1 Å². The van der Waals surface area contributed by atoms with E-state index < -0.39 is 11.7 Å². The fourth-order valence-electron chi connectivity index (χ4n) is 4.63. The second-order valence-corrected chi connectivity index (χ2v) is 8.61. The zero-order valence-electron chi connectivity index (χ0n) is 18.4. The van der Waals surface area contributed by atoms with Crippen LogP contribution in [0.4, 0.5) is 22.4 Å². The number of rotatable bonds is 5. The van der Waals surface area contributed by atoms with Gasteiger partial charge in [-0.3, -0.25) is 4.90 Å². The first-order valence-corrected chi connectivity index (χ1v) is 11.2. The number of hydrogen-bond donors (Lipinski definition) is 1. The van der Waals surface area contributed by atoms with Crippen molar-refractivity contribution in [3.8, 4) is 5.69 Å². The summed E-state index contributed by atoms with van der Waals surface area (Å²) in [6.45, 7) is 4.26. The highest BCUT2D eigenvalue weighted by atomic mass is 19.4. The van der Waals surface area contributed by atoms with E-state index in [1.807, 2.05) is 4.57 Å². The Balaban J connectivity index is 1.45. The number of fused-ring (bicyclic) bond motifs is 1. The van der Waals surface area contributed by atoms with Crippen molar-refractivity contribution in [1.82, 2.24) is 19.7 Å². The van der Waals surface area contributed by atoms with Crippen molar-refractivity contribution in [2.75, 3.05) is 39.3 Å². The molecule has 0 bridgehead atoms. The molecule has 34 heavy (non-hydrogen) atoms. The summed E-state index contributed by atoms with van der Waals surface area (Å²) in [6, 6.07) is 11.4. The molecule has 2 amide bonds. The SMILES string of the molecule is O=C1NCCN1CCN1CC=C(c2cc3cc(C(F)(F)F)ccc3n2-c2ccc(F)cc2)CC1. The molecule has 178 valence electrons. The smallest absolute Gasteiger partial charge is 0.336 e. The van der Waals surface area contributed by atoms with Crippen molar-refractivity contribution < 1.29 is 22.4 Å². The normalized spacial score (nSPS) is 17.4. The summed E-state index contributed by atoms with van der Waals surface area (Å²) in [6.07, 6.45) is -1.62. The van der Waals surface area contributed by atoms with Crippen LogP contribution in [0.15, 0.2) is 54.6 Å². The number of aromatic nitrogens is 1. The molecule has 0 unspecified atom stereocenters. The molecule has 1 saturated heterocycles. The minimum atomic E-state index is -4.43. The lowest BCUT2D eigenvalue weighted by Crippen LogP contribution is -2.38. The zero-order valence-corrected chi connectivity index (χ0v) is 18.4. The summed E-state index contributed by atoms with van der Waals surface area (Å²) in [5, 5.41) is 3.28. The number of benzene rings is 2. The number of halogens is 4. The molecule has 0 radical (unpaired) electrons. The first kappa shape index (κ1) is 22.5. The van der Waals surface area contributed by atoms with E-state index in [0.717, 1.165) is 42.9 Å². The Kier molecular flexibility index (Phi) is 5.81. The van der Waals surface area contributed by atoms with Gasteiger partial charge >= 0.3 is 12.2 Å². The van der Waals surface area contributed by atoms with Crippen molar-refractivity contribution in [2.45, 2.75) is 12.6 Å². The number of nitrogens with zero attached hydrogens (tertiary/aromatic N) is 3. The second kappa shape index (κ2) is 8.79. The van der Waals surface area contributed by atoms with Gasteiger partial charge in [0.2, 0.25) is 0 Å². The molecular formula is C25H24F4N4O. The number of carbonyl (C=O) groups excluding carboxylic acids is 1. The van der Waals surface area contributed by atoms with Gasteiger partial charge in [-0.25, -0.2) is 9.18 Å². The molecule has 0 aliphatic carbocycles. The molecule has 0 saturated carbocycles. The van der Waals surface area contributed by atoms with Crippen LogP contribution in [0.2, 0.25) is 0 Å². The number of urea groups is 1. The van der Waals surface area contributed by atoms with Crippen molar-refractivity contribution in [3.63, 3.8) is 0 Å². The topological polar surface area (TPSA) is 40.5 Å². The highest BCUT2D eigenvalue weighted by Crippen LogP contribution is 2.36. The Morgan fingerprint density at radius 3 is 2.41 bits per heavy atom. The fraction of sp³-hybridized carbons (Fsp3) is 0.320. The maximum atomic E-state index is 13.6. The van der Waals surface area contributed by atoms with Crippen LogP contribution in [0.25, 0.3) is 22.2 Å². The average Bonchev–Trinajstić information content (AvgIpc) is 3.41. The van der Waals surface area contributed by atoms with E-state index in [1.54, 1.807) is 23.1 Å². The van der Waals surface area contributed by atoms with Gasteiger partial charge in [0.1, 0.15) is 5.82 Å². The van der Waals surface area contributed by atoms with E-state index in [0.29, 0.717) is 42.8 Å². The van der Waals surface area contributed by atoms with Crippen LogP contribution < -0.4 is 5.32 Å². The predicted octanol–water partition coefficient (Wildman–Crippen LogP) is 4.90. The third kappa shape index (κ3) is 4.40. The lowest BCUT2D eigenvalue weighted by atomic mass is 10.0. The second-order valence-electron chi connectivity index (χ2n) is 8.61. The quantitative estimate of drug-likeness (QED) is 0.537. The number of carbonyl (C=O) groups is 1. The van der Waals surface area contributed by atoms with E-state index >= 15 is 0 Å². The van der Waals surface area contributed by atoms with Gasteiger partial charge < -0.3 is 14.8 Å². The number of amides is 2. The van der Waals surface area contributed by atoms with E-state index in [9.17, 15) is 22.4 Å². The van der Waals surface area contributed by atoms with Crippen LogP contribution in [0.3, 0.4) is 0 Å². The van der Waals surface area contributed by atoms with Crippen molar-refractivity contribution in [1.29, 1.82) is 0 Å². The maximum Gasteiger partial charge on any atom is 0.416 e. The molecule has 9 heteroatoms. The van der Waals surface area contributed by atoms with Gasteiger partial charge in [0.15, 0.2) is 0 Å². The summed E-state index contributed by atoms with van der Waals surface area (Å²) in [5.41, 5.74) is 2.47. The lowest BCUT2D eigenvalue weighted by Gasteiger charge is -2.28. The Hall–Kier alpha value is -3.33. The molecule has 1 fully saturated rings. The summed E-state index contributed by atoms with van der Waals surface area (Å²) >= 11 is 0. The minimum Gasteiger partial charge on any atom is -0.336 e. The molecule has 0 atom stereocenters. The summed E-state index contributed by atoms with van der Waals surface area (Å²) in [4.78, 5) is 15.8. The first-order chi connectivity index (χ1) is 16.3. The molecule has 2 aromatic carbocycles. The fourth-order valence-corrected chi connectivity index (χ4v) is 4.63. The molecule has 2 aliphatic heterocycles.